The van der Waals surface area contributed by atoms with Crippen molar-refractivity contribution in [2.75, 3.05) is 0 Å². The van der Waals surface area contributed by atoms with Crippen molar-refractivity contribution in [2.45, 2.75) is 24.9 Å². The zero-order valence-electron chi connectivity index (χ0n) is 18.7. The summed E-state index contributed by atoms with van der Waals surface area (Å²) in [7, 11) is -3.88. The Kier molecular flexibility index (Phi) is 7.99. The van der Waals surface area contributed by atoms with Crippen molar-refractivity contribution in [1.82, 2.24) is 4.31 Å². The van der Waals surface area contributed by atoms with Gasteiger partial charge in [0.2, 0.25) is 10.0 Å². The van der Waals surface area contributed by atoms with Crippen LogP contribution in [0.15, 0.2) is 93.2 Å². The van der Waals surface area contributed by atoms with Crippen LogP contribution in [0.25, 0.3) is 0 Å². The monoisotopic (exact) mass is 546 g/mol. The molecule has 0 fully saturated rings. The van der Waals surface area contributed by atoms with Crippen LogP contribution in [0.3, 0.4) is 0 Å². The molecule has 0 unspecified atom stereocenters. The van der Waals surface area contributed by atoms with Crippen LogP contribution in [-0.2, 0) is 23.1 Å². The van der Waals surface area contributed by atoms with Crippen molar-refractivity contribution >= 4 is 56.7 Å². The van der Waals surface area contributed by atoms with Crippen LogP contribution in [0.4, 0.5) is 5.69 Å². The average molecular weight is 548 g/mol. The van der Waals surface area contributed by atoms with Crippen molar-refractivity contribution in [3.8, 4) is 0 Å². The third-order valence-corrected chi connectivity index (χ3v) is 7.98. The molecule has 0 amide bonds. The van der Waals surface area contributed by atoms with Crippen molar-refractivity contribution in [2.24, 2.45) is 4.99 Å². The van der Waals surface area contributed by atoms with E-state index in [1.165, 1.54) is 28.6 Å². The summed E-state index contributed by atoms with van der Waals surface area (Å²) < 4.78 is 34.2. The topological polar surface area (TPSA) is 62.9 Å². The molecule has 0 saturated carbocycles. The Bertz CT molecular complexity index is 1450. The summed E-state index contributed by atoms with van der Waals surface area (Å²) in [6.45, 7) is 2.08. The van der Waals surface area contributed by atoms with Crippen molar-refractivity contribution < 1.29 is 12.8 Å². The minimum atomic E-state index is -3.88. The van der Waals surface area contributed by atoms with Gasteiger partial charge in [-0.2, -0.15) is 4.31 Å². The maximum Gasteiger partial charge on any atom is 0.243 e. The molecule has 9 heteroatoms. The molecule has 3 aromatic carbocycles. The fourth-order valence-corrected chi connectivity index (χ4v) is 5.16. The number of aryl methyl sites for hydroxylation is 1. The Morgan fingerprint density at radius 1 is 0.857 bits per heavy atom. The highest BCUT2D eigenvalue weighted by molar-refractivity contribution is 7.89. The lowest BCUT2D eigenvalue weighted by atomic mass is 10.2. The number of halogens is 3. The Morgan fingerprint density at radius 2 is 1.57 bits per heavy atom. The summed E-state index contributed by atoms with van der Waals surface area (Å²) in [6.07, 6.45) is 1.60. The molecule has 35 heavy (non-hydrogen) atoms. The Balaban J connectivity index is 1.60. The third kappa shape index (κ3) is 6.54. The van der Waals surface area contributed by atoms with E-state index in [4.69, 9.17) is 39.2 Å². The SMILES string of the molecule is Cc1ccc(N=Cc2ccc(CN(Cc3ccc(Cl)c(Cl)c3)S(=O)(=O)c3ccc(Cl)cc3)o2)cc1. The van der Waals surface area contributed by atoms with Crippen LogP contribution in [0.2, 0.25) is 15.1 Å². The minimum absolute atomic E-state index is 0.00355. The number of hydrogen-bond acceptors (Lipinski definition) is 4. The second-order valence-corrected chi connectivity index (χ2v) is 11.1. The molecule has 0 bridgehead atoms. The van der Waals surface area contributed by atoms with Crippen LogP contribution in [-0.4, -0.2) is 18.9 Å². The number of furan rings is 1. The highest BCUT2D eigenvalue weighted by atomic mass is 35.5. The zero-order valence-corrected chi connectivity index (χ0v) is 21.7. The summed E-state index contributed by atoms with van der Waals surface area (Å²) in [5.74, 6) is 0.979. The molecule has 0 aliphatic heterocycles. The molecule has 180 valence electrons. The lowest BCUT2D eigenvalue weighted by Gasteiger charge is -2.22. The first-order valence-corrected chi connectivity index (χ1v) is 13.2. The first-order valence-electron chi connectivity index (χ1n) is 10.6. The van der Waals surface area contributed by atoms with E-state index >= 15 is 0 Å². The Morgan fingerprint density at radius 3 is 2.26 bits per heavy atom. The van der Waals surface area contributed by atoms with Gasteiger partial charge in [-0.15, -0.1) is 0 Å². The molecular formula is C26H21Cl3N2O3S. The molecule has 1 aromatic heterocycles. The van der Waals surface area contributed by atoms with Crippen molar-refractivity contribution in [3.63, 3.8) is 0 Å². The van der Waals surface area contributed by atoms with E-state index in [0.29, 0.717) is 32.2 Å². The van der Waals surface area contributed by atoms with Gasteiger partial charge in [0.25, 0.3) is 0 Å². The van der Waals surface area contributed by atoms with Gasteiger partial charge < -0.3 is 4.42 Å². The molecule has 0 atom stereocenters. The summed E-state index contributed by atoms with van der Waals surface area (Å²) in [6, 6.07) is 22.3. The standard InChI is InChI=1S/C26H21Cl3N2O3S/c1-18-2-7-21(8-3-18)30-15-22-9-10-23(34-22)17-31(16-19-4-13-25(28)26(29)14-19)35(32,33)24-11-5-20(27)6-12-24/h2-15H,16-17H2,1H3. The quantitative estimate of drug-likeness (QED) is 0.212. The Hall–Kier alpha value is -2.61. The van der Waals surface area contributed by atoms with Gasteiger partial charge >= 0.3 is 0 Å². The minimum Gasteiger partial charge on any atom is -0.459 e. The van der Waals surface area contributed by atoms with Crippen LogP contribution >= 0.6 is 34.8 Å². The maximum atomic E-state index is 13.5. The first kappa shape index (κ1) is 25.5. The molecule has 0 radical (unpaired) electrons. The number of nitrogens with zero attached hydrogens (tertiary/aromatic N) is 2. The molecule has 0 N–H and O–H groups in total. The van der Waals surface area contributed by atoms with Gasteiger partial charge in [-0.3, -0.25) is 4.99 Å². The summed E-state index contributed by atoms with van der Waals surface area (Å²) in [5, 5.41) is 1.19. The lowest BCUT2D eigenvalue weighted by molar-refractivity contribution is 0.357. The number of aliphatic imine (C=N–C) groups is 1. The number of sulfonamides is 1. The first-order chi connectivity index (χ1) is 16.7. The number of benzene rings is 3. The second-order valence-electron chi connectivity index (χ2n) is 7.87. The fourth-order valence-electron chi connectivity index (χ4n) is 3.31. The van der Waals surface area contributed by atoms with Gasteiger partial charge in [0.15, 0.2) is 0 Å². The van der Waals surface area contributed by atoms with E-state index in [0.717, 1.165) is 11.3 Å². The van der Waals surface area contributed by atoms with Crippen LogP contribution < -0.4 is 0 Å². The molecule has 0 aliphatic rings. The Labute approximate surface area is 219 Å². The smallest absolute Gasteiger partial charge is 0.243 e. The summed E-state index contributed by atoms with van der Waals surface area (Å²) >= 11 is 18.1. The summed E-state index contributed by atoms with van der Waals surface area (Å²) in [5.41, 5.74) is 2.62. The fraction of sp³-hybridized carbons (Fsp3) is 0.115. The highest BCUT2D eigenvalue weighted by Crippen LogP contribution is 2.27. The van der Waals surface area contributed by atoms with E-state index in [9.17, 15) is 8.42 Å². The van der Waals surface area contributed by atoms with Crippen molar-refractivity contribution in [3.05, 3.63) is 117 Å². The van der Waals surface area contributed by atoms with Gasteiger partial charge in [-0.05, 0) is 73.2 Å². The summed E-state index contributed by atoms with van der Waals surface area (Å²) in [4.78, 5) is 4.53. The van der Waals surface area contributed by atoms with E-state index in [1.54, 1.807) is 36.5 Å². The normalized spacial score (nSPS) is 12.0. The lowest BCUT2D eigenvalue weighted by Crippen LogP contribution is -2.30. The van der Waals surface area contributed by atoms with Crippen LogP contribution in [0.5, 0.6) is 0 Å². The van der Waals surface area contributed by atoms with E-state index in [2.05, 4.69) is 4.99 Å². The number of hydrogen-bond donors (Lipinski definition) is 0. The molecule has 1 heterocycles. The van der Waals surface area contributed by atoms with Crippen LogP contribution in [0.1, 0.15) is 22.6 Å². The van der Waals surface area contributed by atoms with Gasteiger partial charge in [-0.25, -0.2) is 8.42 Å². The molecule has 0 spiro atoms. The largest absolute Gasteiger partial charge is 0.459 e. The van der Waals surface area contributed by atoms with E-state index < -0.39 is 10.0 Å². The average Bonchev–Trinajstić information content (AvgIpc) is 3.28. The molecule has 4 rings (SSSR count). The van der Waals surface area contributed by atoms with Gasteiger partial charge in [0, 0.05) is 11.6 Å². The molecule has 5 nitrogen and oxygen atoms in total. The molecule has 0 aliphatic carbocycles. The molecule has 4 aromatic rings. The predicted octanol–water partition coefficient (Wildman–Crippen LogP) is 7.69. The molecule has 0 saturated heterocycles. The highest BCUT2D eigenvalue weighted by Gasteiger charge is 2.26. The van der Waals surface area contributed by atoms with Gasteiger partial charge in [0.1, 0.15) is 11.5 Å². The van der Waals surface area contributed by atoms with Gasteiger partial charge in [-0.1, -0.05) is 58.6 Å². The van der Waals surface area contributed by atoms with E-state index in [1.807, 2.05) is 31.2 Å². The molecular weight excluding hydrogens is 527 g/mol. The third-order valence-electron chi connectivity index (χ3n) is 5.18. The number of rotatable bonds is 8. The van der Waals surface area contributed by atoms with E-state index in [-0.39, 0.29) is 18.0 Å². The second kappa shape index (κ2) is 11.0. The zero-order chi connectivity index (χ0) is 25.0. The van der Waals surface area contributed by atoms with Crippen molar-refractivity contribution in [1.29, 1.82) is 0 Å². The van der Waals surface area contributed by atoms with Crippen LogP contribution in [0, 0.1) is 6.92 Å². The maximum absolute atomic E-state index is 13.5. The predicted molar refractivity (Wildman–Crippen MR) is 141 cm³/mol. The van der Waals surface area contributed by atoms with Gasteiger partial charge in [0.05, 0.1) is 33.4 Å².